The van der Waals surface area contributed by atoms with Crippen molar-refractivity contribution < 1.29 is 9.59 Å². The Hall–Kier alpha value is -2.77. The maximum Gasteiger partial charge on any atom is 0.248 e. The zero-order chi connectivity index (χ0) is 16.3. The minimum atomic E-state index is -0.498. The fraction of sp³-hybridized carbons (Fsp3) is 0.357. The first-order valence-corrected chi connectivity index (χ1v) is 6.74. The van der Waals surface area contributed by atoms with Crippen LogP contribution in [0.5, 0.6) is 0 Å². The van der Waals surface area contributed by atoms with E-state index in [1.807, 2.05) is 20.8 Å². The van der Waals surface area contributed by atoms with Crippen LogP contribution in [0, 0.1) is 0 Å². The number of benzene rings is 1. The van der Waals surface area contributed by atoms with Gasteiger partial charge in [0.15, 0.2) is 0 Å². The Labute approximate surface area is 127 Å². The van der Waals surface area contributed by atoms with Crippen molar-refractivity contribution in [1.29, 1.82) is 0 Å². The van der Waals surface area contributed by atoms with Crippen LogP contribution in [0.15, 0.2) is 24.3 Å². The number of carbonyl (C=O) groups excluding carboxylic acids is 2. The minimum Gasteiger partial charge on any atom is -0.366 e. The third-order valence-corrected chi connectivity index (χ3v) is 2.68. The Balaban J connectivity index is 2.08. The second kappa shape index (κ2) is 5.92. The van der Waals surface area contributed by atoms with Crippen LogP contribution in [0.3, 0.4) is 0 Å². The summed E-state index contributed by atoms with van der Waals surface area (Å²) in [5, 5.41) is 14.7. The Morgan fingerprint density at radius 2 is 1.86 bits per heavy atom. The Kier molecular flexibility index (Phi) is 4.20. The van der Waals surface area contributed by atoms with Crippen molar-refractivity contribution in [1.82, 2.24) is 25.5 Å². The fourth-order valence-corrected chi connectivity index (χ4v) is 1.80. The van der Waals surface area contributed by atoms with E-state index in [-0.39, 0.29) is 18.0 Å². The number of primary amides is 1. The van der Waals surface area contributed by atoms with E-state index >= 15 is 0 Å². The highest BCUT2D eigenvalue weighted by Crippen LogP contribution is 2.14. The van der Waals surface area contributed by atoms with Gasteiger partial charge in [0.2, 0.25) is 17.6 Å². The molecule has 2 rings (SSSR count). The summed E-state index contributed by atoms with van der Waals surface area (Å²) in [4.78, 5) is 24.0. The van der Waals surface area contributed by atoms with Crippen LogP contribution in [-0.2, 0) is 11.3 Å². The maximum absolute atomic E-state index is 11.8. The molecule has 0 fully saturated rings. The van der Waals surface area contributed by atoms with Crippen LogP contribution in [0.25, 0.3) is 11.4 Å². The molecule has 0 unspecified atom stereocenters. The molecule has 3 N–H and O–H groups in total. The molecule has 0 bridgehead atoms. The van der Waals surface area contributed by atoms with Crippen LogP contribution in [-0.4, -0.2) is 37.6 Å². The summed E-state index contributed by atoms with van der Waals surface area (Å²) >= 11 is 0. The molecule has 2 amide bonds. The van der Waals surface area contributed by atoms with Crippen molar-refractivity contribution >= 4 is 11.8 Å². The molecule has 0 aliphatic heterocycles. The van der Waals surface area contributed by atoms with Gasteiger partial charge < -0.3 is 11.1 Å². The van der Waals surface area contributed by atoms with Crippen molar-refractivity contribution in [3.05, 3.63) is 29.8 Å². The molecule has 2 aromatic rings. The van der Waals surface area contributed by atoms with E-state index in [0.29, 0.717) is 17.0 Å². The zero-order valence-electron chi connectivity index (χ0n) is 12.7. The SMILES string of the molecule is CC(C)(C)NC(=O)Cn1nnc(-c2ccc(C(N)=O)cc2)n1. The quantitative estimate of drug-likeness (QED) is 0.845. The molecular formula is C14H18N6O2. The van der Waals surface area contributed by atoms with Gasteiger partial charge in [-0.25, -0.2) is 0 Å². The van der Waals surface area contributed by atoms with Crippen molar-refractivity contribution in [3.63, 3.8) is 0 Å². The maximum atomic E-state index is 11.8. The Morgan fingerprint density at radius 3 is 2.41 bits per heavy atom. The number of hydrogen-bond donors (Lipinski definition) is 2. The lowest BCUT2D eigenvalue weighted by atomic mass is 10.1. The summed E-state index contributed by atoms with van der Waals surface area (Å²) in [6.07, 6.45) is 0. The highest BCUT2D eigenvalue weighted by atomic mass is 16.2. The summed E-state index contributed by atoms with van der Waals surface area (Å²) in [5.41, 5.74) is 5.96. The van der Waals surface area contributed by atoms with E-state index in [2.05, 4.69) is 20.7 Å². The molecule has 1 aromatic carbocycles. The van der Waals surface area contributed by atoms with Gasteiger partial charge in [0.25, 0.3) is 0 Å². The lowest BCUT2D eigenvalue weighted by Gasteiger charge is -2.19. The molecule has 1 heterocycles. The van der Waals surface area contributed by atoms with Crippen molar-refractivity contribution in [2.45, 2.75) is 32.9 Å². The second-order valence-electron chi connectivity index (χ2n) is 5.88. The number of nitrogens with one attached hydrogen (secondary N) is 1. The van der Waals surface area contributed by atoms with Crippen LogP contribution >= 0.6 is 0 Å². The predicted molar refractivity (Wildman–Crippen MR) is 79.7 cm³/mol. The molecular weight excluding hydrogens is 284 g/mol. The van der Waals surface area contributed by atoms with E-state index in [1.165, 1.54) is 4.80 Å². The molecule has 22 heavy (non-hydrogen) atoms. The van der Waals surface area contributed by atoms with Crippen LogP contribution in [0.2, 0.25) is 0 Å². The van der Waals surface area contributed by atoms with E-state index < -0.39 is 5.91 Å². The number of amides is 2. The van der Waals surface area contributed by atoms with E-state index in [4.69, 9.17) is 5.73 Å². The van der Waals surface area contributed by atoms with E-state index in [1.54, 1.807) is 24.3 Å². The number of rotatable bonds is 4. The first-order chi connectivity index (χ1) is 10.2. The second-order valence-corrected chi connectivity index (χ2v) is 5.88. The lowest BCUT2D eigenvalue weighted by Crippen LogP contribution is -2.42. The summed E-state index contributed by atoms with van der Waals surface area (Å²) in [6, 6.07) is 6.53. The van der Waals surface area contributed by atoms with Crippen molar-refractivity contribution in [2.75, 3.05) is 0 Å². The molecule has 0 atom stereocenters. The summed E-state index contributed by atoms with van der Waals surface area (Å²) in [6.45, 7) is 5.67. The molecule has 0 saturated carbocycles. The largest absolute Gasteiger partial charge is 0.366 e. The third-order valence-electron chi connectivity index (χ3n) is 2.68. The molecule has 0 spiro atoms. The van der Waals surface area contributed by atoms with Crippen LogP contribution in [0.4, 0.5) is 0 Å². The third kappa shape index (κ3) is 4.11. The first kappa shape index (κ1) is 15.6. The van der Waals surface area contributed by atoms with Gasteiger partial charge in [0.1, 0.15) is 6.54 Å². The number of nitrogens with two attached hydrogens (primary N) is 1. The topological polar surface area (TPSA) is 116 Å². The van der Waals surface area contributed by atoms with Gasteiger partial charge in [-0.2, -0.15) is 4.80 Å². The predicted octanol–water partition coefficient (Wildman–Crippen LogP) is 0.354. The molecule has 0 aliphatic rings. The number of nitrogens with zero attached hydrogens (tertiary/aromatic N) is 4. The fourth-order valence-electron chi connectivity index (χ4n) is 1.80. The lowest BCUT2D eigenvalue weighted by molar-refractivity contribution is -0.123. The number of carbonyl (C=O) groups is 2. The number of hydrogen-bond acceptors (Lipinski definition) is 5. The monoisotopic (exact) mass is 302 g/mol. The minimum absolute atomic E-state index is 0.0103. The molecule has 0 aliphatic carbocycles. The van der Waals surface area contributed by atoms with E-state index in [9.17, 15) is 9.59 Å². The number of aromatic nitrogens is 4. The zero-order valence-corrected chi connectivity index (χ0v) is 12.7. The molecule has 1 aromatic heterocycles. The molecule has 0 radical (unpaired) electrons. The average molecular weight is 302 g/mol. The highest BCUT2D eigenvalue weighted by molar-refractivity contribution is 5.93. The Morgan fingerprint density at radius 1 is 1.23 bits per heavy atom. The summed E-state index contributed by atoms with van der Waals surface area (Å²) in [5.74, 6) is -0.317. The normalized spacial score (nSPS) is 11.2. The molecule has 0 saturated heterocycles. The van der Waals surface area contributed by atoms with Gasteiger partial charge in [-0.1, -0.05) is 12.1 Å². The summed E-state index contributed by atoms with van der Waals surface area (Å²) < 4.78 is 0. The standard InChI is InChI=1S/C14H18N6O2/c1-14(2,3)16-11(21)8-20-18-13(17-19-20)10-6-4-9(5-7-10)12(15)22/h4-7H,8H2,1-3H3,(H2,15,22)(H,16,21). The van der Waals surface area contributed by atoms with Crippen molar-refractivity contribution in [2.24, 2.45) is 5.73 Å². The van der Waals surface area contributed by atoms with Gasteiger partial charge in [0.05, 0.1) is 0 Å². The van der Waals surface area contributed by atoms with Gasteiger partial charge in [-0.05, 0) is 38.1 Å². The van der Waals surface area contributed by atoms with Crippen molar-refractivity contribution in [3.8, 4) is 11.4 Å². The smallest absolute Gasteiger partial charge is 0.248 e. The molecule has 8 nitrogen and oxygen atoms in total. The first-order valence-electron chi connectivity index (χ1n) is 6.74. The van der Waals surface area contributed by atoms with Gasteiger partial charge in [0, 0.05) is 16.7 Å². The van der Waals surface area contributed by atoms with Gasteiger partial charge in [-0.15, -0.1) is 10.2 Å². The highest BCUT2D eigenvalue weighted by Gasteiger charge is 2.15. The average Bonchev–Trinajstić information content (AvgIpc) is 2.85. The van der Waals surface area contributed by atoms with Gasteiger partial charge >= 0.3 is 0 Å². The number of tetrazole rings is 1. The van der Waals surface area contributed by atoms with Crippen LogP contribution < -0.4 is 11.1 Å². The van der Waals surface area contributed by atoms with E-state index in [0.717, 1.165) is 0 Å². The Bertz CT molecular complexity index is 684. The van der Waals surface area contributed by atoms with Gasteiger partial charge in [-0.3, -0.25) is 9.59 Å². The summed E-state index contributed by atoms with van der Waals surface area (Å²) in [7, 11) is 0. The molecule has 116 valence electrons. The van der Waals surface area contributed by atoms with Crippen LogP contribution in [0.1, 0.15) is 31.1 Å². The molecule has 8 heteroatoms.